The van der Waals surface area contributed by atoms with Gasteiger partial charge in [-0.25, -0.2) is 0 Å². The van der Waals surface area contributed by atoms with Gasteiger partial charge < -0.3 is 4.74 Å². The van der Waals surface area contributed by atoms with Crippen molar-refractivity contribution in [2.75, 3.05) is 7.11 Å². The molecule has 0 atom stereocenters. The third-order valence-electron chi connectivity index (χ3n) is 2.64. The molecule has 0 amide bonds. The van der Waals surface area contributed by atoms with E-state index in [-0.39, 0.29) is 0 Å². The molecule has 0 saturated carbocycles. The first kappa shape index (κ1) is 14.5. The Hall–Kier alpha value is -1.92. The molecule has 0 fully saturated rings. The van der Waals surface area contributed by atoms with E-state index in [4.69, 9.17) is 14.4 Å². The van der Waals surface area contributed by atoms with Crippen molar-refractivity contribution in [2.24, 2.45) is 0 Å². The Morgan fingerprint density at radius 1 is 0.800 bits per heavy atom. The number of hydrogen-bond donors (Lipinski definition) is 2. The predicted molar refractivity (Wildman–Crippen MR) is 75.3 cm³/mol. The summed E-state index contributed by atoms with van der Waals surface area (Å²) in [4.78, 5) is 10.4. The molecule has 0 aromatic heterocycles. The maximum Gasteiger partial charge on any atom is 0.119 e. The molecule has 0 aliphatic rings. The summed E-state index contributed by atoms with van der Waals surface area (Å²) in [7, 11) is 1.64. The Balaban J connectivity index is 1.59. The summed E-state index contributed by atoms with van der Waals surface area (Å²) < 4.78 is 5.13. The van der Waals surface area contributed by atoms with E-state index in [9.17, 15) is 0 Å². The fourth-order valence-electron chi connectivity index (χ4n) is 1.63. The quantitative estimate of drug-likeness (QED) is 0.571. The summed E-state index contributed by atoms with van der Waals surface area (Å²) in [5.74, 6) is 0.805. The summed E-state index contributed by atoms with van der Waals surface area (Å²) in [6, 6.07) is 17.5. The number of ether oxygens (including phenoxy) is 1. The molecule has 2 aromatic carbocycles. The van der Waals surface area contributed by atoms with Crippen LogP contribution in [0.5, 0.6) is 5.75 Å². The number of nitrogens with one attached hydrogen (secondary N) is 2. The van der Waals surface area contributed by atoms with Crippen LogP contribution in [-0.4, -0.2) is 7.11 Å². The average molecular weight is 274 g/mol. The second-order valence-electron chi connectivity index (χ2n) is 4.12. The van der Waals surface area contributed by atoms with E-state index in [0.29, 0.717) is 13.2 Å². The molecule has 106 valence electrons. The molecule has 5 heteroatoms. The SMILES string of the molecule is COc1cccc(CONNOCc2ccccc2)c1. The monoisotopic (exact) mass is 274 g/mol. The molecule has 0 saturated heterocycles. The molecule has 0 unspecified atom stereocenters. The van der Waals surface area contributed by atoms with Gasteiger partial charge in [-0.05, 0) is 23.3 Å². The third-order valence-corrected chi connectivity index (χ3v) is 2.64. The summed E-state index contributed by atoms with van der Waals surface area (Å²) in [5, 5.41) is 0. The van der Waals surface area contributed by atoms with Gasteiger partial charge in [0.05, 0.1) is 20.3 Å². The molecule has 0 aliphatic carbocycles. The van der Waals surface area contributed by atoms with Crippen LogP contribution in [0.15, 0.2) is 54.6 Å². The highest BCUT2D eigenvalue weighted by atomic mass is 16.8. The van der Waals surface area contributed by atoms with Gasteiger partial charge in [-0.1, -0.05) is 42.5 Å². The maximum absolute atomic E-state index is 5.22. The molecular weight excluding hydrogens is 256 g/mol. The van der Waals surface area contributed by atoms with E-state index in [1.807, 2.05) is 54.6 Å². The fourth-order valence-corrected chi connectivity index (χ4v) is 1.63. The molecule has 0 heterocycles. The molecule has 20 heavy (non-hydrogen) atoms. The van der Waals surface area contributed by atoms with Crippen LogP contribution in [0.3, 0.4) is 0 Å². The minimum absolute atomic E-state index is 0.402. The van der Waals surface area contributed by atoms with Crippen molar-refractivity contribution in [3.63, 3.8) is 0 Å². The van der Waals surface area contributed by atoms with Gasteiger partial charge in [0.25, 0.3) is 0 Å². The predicted octanol–water partition coefficient (Wildman–Crippen LogP) is 2.35. The van der Waals surface area contributed by atoms with Crippen molar-refractivity contribution in [1.29, 1.82) is 0 Å². The Morgan fingerprint density at radius 2 is 1.45 bits per heavy atom. The Morgan fingerprint density at radius 3 is 2.15 bits per heavy atom. The zero-order chi connectivity index (χ0) is 14.0. The van der Waals surface area contributed by atoms with Crippen molar-refractivity contribution in [3.05, 3.63) is 65.7 Å². The Kier molecular flexibility index (Phi) is 6.01. The second-order valence-corrected chi connectivity index (χ2v) is 4.12. The van der Waals surface area contributed by atoms with Gasteiger partial charge in [-0.15, -0.1) is 11.2 Å². The van der Waals surface area contributed by atoms with E-state index in [1.165, 1.54) is 0 Å². The summed E-state index contributed by atoms with van der Waals surface area (Å²) in [6.07, 6.45) is 0. The van der Waals surface area contributed by atoms with Crippen LogP contribution in [0.1, 0.15) is 11.1 Å². The van der Waals surface area contributed by atoms with E-state index in [0.717, 1.165) is 16.9 Å². The topological polar surface area (TPSA) is 51.8 Å². The first-order chi connectivity index (χ1) is 9.88. The van der Waals surface area contributed by atoms with Gasteiger partial charge in [0.1, 0.15) is 5.75 Å². The zero-order valence-corrected chi connectivity index (χ0v) is 11.3. The smallest absolute Gasteiger partial charge is 0.119 e. The van der Waals surface area contributed by atoms with Crippen molar-refractivity contribution >= 4 is 0 Å². The van der Waals surface area contributed by atoms with Crippen LogP contribution < -0.4 is 15.9 Å². The van der Waals surface area contributed by atoms with Crippen molar-refractivity contribution in [3.8, 4) is 5.75 Å². The van der Waals surface area contributed by atoms with E-state index in [2.05, 4.69) is 11.2 Å². The van der Waals surface area contributed by atoms with Crippen LogP contribution in [-0.2, 0) is 22.9 Å². The highest BCUT2D eigenvalue weighted by molar-refractivity contribution is 5.27. The molecule has 5 nitrogen and oxygen atoms in total. The molecular formula is C15H18N2O3. The van der Waals surface area contributed by atoms with Gasteiger partial charge in [0.15, 0.2) is 0 Å². The molecule has 0 bridgehead atoms. The van der Waals surface area contributed by atoms with Crippen molar-refractivity contribution < 1.29 is 14.4 Å². The molecule has 0 aliphatic heterocycles. The number of rotatable bonds is 8. The van der Waals surface area contributed by atoms with Crippen LogP contribution >= 0.6 is 0 Å². The molecule has 0 spiro atoms. The average Bonchev–Trinajstić information content (AvgIpc) is 2.52. The Bertz CT molecular complexity index is 505. The Labute approximate surface area is 118 Å². The highest BCUT2D eigenvalue weighted by Crippen LogP contribution is 2.12. The van der Waals surface area contributed by atoms with Gasteiger partial charge in [0, 0.05) is 0 Å². The minimum atomic E-state index is 0.402. The lowest BCUT2D eigenvalue weighted by molar-refractivity contribution is -0.121. The van der Waals surface area contributed by atoms with Crippen LogP contribution in [0.25, 0.3) is 0 Å². The molecule has 0 radical (unpaired) electrons. The van der Waals surface area contributed by atoms with Gasteiger partial charge in [-0.2, -0.15) is 0 Å². The standard InChI is InChI=1S/C15H18N2O3/c1-18-15-9-5-8-14(10-15)12-20-17-16-19-11-13-6-3-2-4-7-13/h2-10,16-17H,11-12H2,1H3. The fraction of sp³-hybridized carbons (Fsp3) is 0.200. The first-order valence-electron chi connectivity index (χ1n) is 6.29. The second kappa shape index (κ2) is 8.29. The van der Waals surface area contributed by atoms with E-state index in [1.54, 1.807) is 7.11 Å². The highest BCUT2D eigenvalue weighted by Gasteiger charge is 1.96. The van der Waals surface area contributed by atoms with Crippen LogP contribution in [0, 0.1) is 0 Å². The molecule has 2 N–H and O–H groups in total. The number of hydrazine groups is 1. The summed E-state index contributed by atoms with van der Waals surface area (Å²) in [5.41, 5.74) is 7.14. The lowest BCUT2D eigenvalue weighted by atomic mass is 10.2. The van der Waals surface area contributed by atoms with E-state index >= 15 is 0 Å². The number of hydrogen-bond acceptors (Lipinski definition) is 5. The summed E-state index contributed by atoms with van der Waals surface area (Å²) in [6.45, 7) is 0.856. The van der Waals surface area contributed by atoms with E-state index < -0.39 is 0 Å². The zero-order valence-electron chi connectivity index (χ0n) is 11.3. The van der Waals surface area contributed by atoms with Crippen molar-refractivity contribution in [1.82, 2.24) is 11.2 Å². The molecule has 2 rings (SSSR count). The first-order valence-corrected chi connectivity index (χ1v) is 6.29. The largest absolute Gasteiger partial charge is 0.497 e. The van der Waals surface area contributed by atoms with Crippen LogP contribution in [0.4, 0.5) is 0 Å². The normalized spacial score (nSPS) is 10.4. The lowest BCUT2D eigenvalue weighted by Crippen LogP contribution is -2.31. The number of benzene rings is 2. The van der Waals surface area contributed by atoms with Crippen LogP contribution in [0.2, 0.25) is 0 Å². The van der Waals surface area contributed by atoms with Crippen molar-refractivity contribution in [2.45, 2.75) is 13.2 Å². The number of methoxy groups -OCH3 is 1. The van der Waals surface area contributed by atoms with Gasteiger partial charge in [0.2, 0.25) is 0 Å². The summed E-state index contributed by atoms with van der Waals surface area (Å²) >= 11 is 0. The third kappa shape index (κ3) is 4.99. The molecule has 2 aromatic rings. The van der Waals surface area contributed by atoms with Gasteiger partial charge in [-0.3, -0.25) is 9.68 Å². The maximum atomic E-state index is 5.22. The van der Waals surface area contributed by atoms with Gasteiger partial charge >= 0.3 is 0 Å². The lowest BCUT2D eigenvalue weighted by Gasteiger charge is -2.08. The minimum Gasteiger partial charge on any atom is -0.497 e.